The van der Waals surface area contributed by atoms with E-state index in [-0.39, 0.29) is 5.75 Å². The Balaban J connectivity index is 1.88. The number of fused-ring (bicyclic) bond motifs is 1. The highest BCUT2D eigenvalue weighted by atomic mass is 79.9. The molecule has 112 valence electrons. The largest absolute Gasteiger partial charge is 0.505 e. The Labute approximate surface area is 154 Å². The molecule has 2 nitrogen and oxygen atoms in total. The van der Waals surface area contributed by atoms with Crippen molar-refractivity contribution in [2.45, 2.75) is 12.8 Å². The first-order chi connectivity index (χ1) is 10.5. The number of phenolic OH excluding ortho intramolecular Hbond substituents is 1. The van der Waals surface area contributed by atoms with Gasteiger partial charge in [0.05, 0.1) is 4.47 Å². The zero-order chi connectivity index (χ0) is 15.7. The van der Waals surface area contributed by atoms with E-state index in [1.807, 2.05) is 30.3 Å². The van der Waals surface area contributed by atoms with Gasteiger partial charge in [0.1, 0.15) is 5.52 Å². The minimum atomic E-state index is 0.184. The Hall–Kier alpha value is -0.910. The van der Waals surface area contributed by atoms with Gasteiger partial charge in [-0.2, -0.15) is 0 Å². The number of aromatic nitrogens is 1. The molecule has 0 saturated carbocycles. The number of phenols is 1. The molecule has 1 heterocycles. The molecular weight excluding hydrogens is 474 g/mol. The molecule has 0 aliphatic rings. The van der Waals surface area contributed by atoms with Gasteiger partial charge in [0.2, 0.25) is 0 Å². The summed E-state index contributed by atoms with van der Waals surface area (Å²) in [7, 11) is 0. The van der Waals surface area contributed by atoms with E-state index in [2.05, 4.69) is 64.9 Å². The van der Waals surface area contributed by atoms with Crippen LogP contribution in [0.3, 0.4) is 0 Å². The van der Waals surface area contributed by atoms with Gasteiger partial charge in [-0.05, 0) is 64.7 Å². The monoisotopic (exact) mass is 483 g/mol. The van der Waals surface area contributed by atoms with E-state index in [0.717, 1.165) is 32.9 Å². The summed E-state index contributed by atoms with van der Waals surface area (Å²) in [4.78, 5) is 4.61. The first kappa shape index (κ1) is 16.0. The highest BCUT2D eigenvalue weighted by Crippen LogP contribution is 2.36. The third-order valence-corrected chi connectivity index (χ3v) is 5.29. The van der Waals surface area contributed by atoms with Crippen LogP contribution in [0.25, 0.3) is 10.9 Å². The smallest absolute Gasteiger partial charge is 0.156 e. The molecule has 3 rings (SSSR count). The zero-order valence-corrected chi connectivity index (χ0v) is 16.2. The van der Waals surface area contributed by atoms with Gasteiger partial charge in [-0.25, -0.2) is 4.98 Å². The van der Waals surface area contributed by atoms with Gasteiger partial charge in [0, 0.05) is 20.0 Å². The topological polar surface area (TPSA) is 33.1 Å². The lowest BCUT2D eigenvalue weighted by molar-refractivity contribution is 0.477. The fraction of sp³-hybridized carbons (Fsp3) is 0.118. The molecular formula is C17H12Br3NO. The van der Waals surface area contributed by atoms with Gasteiger partial charge in [-0.15, -0.1) is 0 Å². The second-order valence-corrected chi connectivity index (χ2v) is 7.64. The van der Waals surface area contributed by atoms with Crippen LogP contribution in [0, 0.1) is 0 Å². The SMILES string of the molecule is Oc1c(Br)cc(Br)c2ccc(CCc3ccc(Br)cc3)nc12. The van der Waals surface area contributed by atoms with Crippen molar-refractivity contribution in [3.05, 3.63) is 67.1 Å². The number of nitrogens with zero attached hydrogens (tertiary/aromatic N) is 1. The minimum absolute atomic E-state index is 0.184. The standard InChI is InChI=1S/C17H12Br3NO/c18-11-4-1-10(2-5-11)3-6-12-7-8-13-14(19)9-15(20)17(22)16(13)21-12/h1-2,4-5,7-9,22H,3,6H2. The number of halogens is 3. The third kappa shape index (κ3) is 3.36. The summed E-state index contributed by atoms with van der Waals surface area (Å²) in [6.45, 7) is 0. The van der Waals surface area contributed by atoms with Crippen LogP contribution in [0.1, 0.15) is 11.3 Å². The van der Waals surface area contributed by atoms with Crippen molar-refractivity contribution >= 4 is 58.7 Å². The van der Waals surface area contributed by atoms with Gasteiger partial charge in [0.15, 0.2) is 5.75 Å². The summed E-state index contributed by atoms with van der Waals surface area (Å²) in [5.41, 5.74) is 2.86. The average Bonchev–Trinajstić information content (AvgIpc) is 2.52. The molecule has 3 aromatic rings. The quantitative estimate of drug-likeness (QED) is 0.492. The van der Waals surface area contributed by atoms with E-state index in [0.29, 0.717) is 9.99 Å². The van der Waals surface area contributed by atoms with Gasteiger partial charge in [-0.3, -0.25) is 0 Å². The van der Waals surface area contributed by atoms with Crippen LogP contribution in [0.5, 0.6) is 5.75 Å². The van der Waals surface area contributed by atoms with E-state index in [9.17, 15) is 5.11 Å². The van der Waals surface area contributed by atoms with Crippen LogP contribution < -0.4 is 0 Å². The van der Waals surface area contributed by atoms with Crippen LogP contribution in [0.15, 0.2) is 55.9 Å². The van der Waals surface area contributed by atoms with Crippen LogP contribution in [0.2, 0.25) is 0 Å². The molecule has 1 aromatic heterocycles. The number of aromatic hydroxyl groups is 1. The van der Waals surface area contributed by atoms with Crippen molar-refractivity contribution in [3.8, 4) is 5.75 Å². The lowest BCUT2D eigenvalue weighted by Gasteiger charge is -2.08. The number of aryl methyl sites for hydroxylation is 2. The van der Waals surface area contributed by atoms with E-state index >= 15 is 0 Å². The molecule has 5 heteroatoms. The maximum atomic E-state index is 10.2. The summed E-state index contributed by atoms with van der Waals surface area (Å²) in [5.74, 6) is 0.184. The van der Waals surface area contributed by atoms with Crippen molar-refractivity contribution in [2.24, 2.45) is 0 Å². The van der Waals surface area contributed by atoms with Crippen molar-refractivity contribution in [2.75, 3.05) is 0 Å². The van der Waals surface area contributed by atoms with Gasteiger partial charge in [0.25, 0.3) is 0 Å². The highest BCUT2D eigenvalue weighted by molar-refractivity contribution is 9.11. The highest BCUT2D eigenvalue weighted by Gasteiger charge is 2.10. The molecule has 0 unspecified atom stereocenters. The second kappa shape index (κ2) is 6.69. The molecule has 22 heavy (non-hydrogen) atoms. The molecule has 0 radical (unpaired) electrons. The van der Waals surface area contributed by atoms with E-state index < -0.39 is 0 Å². The first-order valence-electron chi connectivity index (χ1n) is 6.75. The summed E-state index contributed by atoms with van der Waals surface area (Å²) in [6, 6.07) is 14.1. The molecule has 0 bridgehead atoms. The summed E-state index contributed by atoms with van der Waals surface area (Å²) in [5, 5.41) is 11.1. The molecule has 0 saturated heterocycles. The summed E-state index contributed by atoms with van der Waals surface area (Å²) < 4.78 is 2.64. The maximum absolute atomic E-state index is 10.2. The van der Waals surface area contributed by atoms with E-state index in [1.165, 1.54) is 5.56 Å². The van der Waals surface area contributed by atoms with Crippen LogP contribution in [-0.2, 0) is 12.8 Å². The number of hydrogen-bond donors (Lipinski definition) is 1. The lowest BCUT2D eigenvalue weighted by atomic mass is 10.1. The molecule has 0 fully saturated rings. The van der Waals surface area contributed by atoms with Crippen molar-refractivity contribution in [1.82, 2.24) is 4.98 Å². The van der Waals surface area contributed by atoms with Crippen LogP contribution in [-0.4, -0.2) is 10.1 Å². The first-order valence-corrected chi connectivity index (χ1v) is 9.13. The second-order valence-electron chi connectivity index (χ2n) is 5.01. The summed E-state index contributed by atoms with van der Waals surface area (Å²) in [6.07, 6.45) is 1.75. The Morgan fingerprint density at radius 3 is 2.32 bits per heavy atom. The fourth-order valence-corrected chi connectivity index (χ4v) is 3.84. The predicted octanol–water partition coefficient (Wildman–Crippen LogP) is 6.01. The molecule has 0 aliphatic heterocycles. The van der Waals surface area contributed by atoms with E-state index in [4.69, 9.17) is 0 Å². The molecule has 0 atom stereocenters. The molecule has 2 aromatic carbocycles. The number of pyridine rings is 1. The van der Waals surface area contributed by atoms with Gasteiger partial charge >= 0.3 is 0 Å². The van der Waals surface area contributed by atoms with Crippen LogP contribution in [0.4, 0.5) is 0 Å². The predicted molar refractivity (Wildman–Crippen MR) is 100 cm³/mol. The molecule has 0 aliphatic carbocycles. The number of hydrogen-bond acceptors (Lipinski definition) is 2. The third-order valence-electron chi connectivity index (χ3n) is 3.50. The normalized spacial score (nSPS) is 11.0. The molecule has 0 amide bonds. The number of rotatable bonds is 3. The fourth-order valence-electron chi connectivity index (χ4n) is 2.31. The van der Waals surface area contributed by atoms with Crippen molar-refractivity contribution in [1.29, 1.82) is 0 Å². The van der Waals surface area contributed by atoms with Gasteiger partial charge < -0.3 is 5.11 Å². The summed E-state index contributed by atoms with van der Waals surface area (Å²) >= 11 is 10.3. The minimum Gasteiger partial charge on any atom is -0.505 e. The molecule has 1 N–H and O–H groups in total. The van der Waals surface area contributed by atoms with E-state index in [1.54, 1.807) is 0 Å². The average molecular weight is 486 g/mol. The Kier molecular flexibility index (Phi) is 4.85. The van der Waals surface area contributed by atoms with Gasteiger partial charge in [-0.1, -0.05) is 44.0 Å². The molecule has 0 spiro atoms. The Bertz CT molecular complexity index is 831. The zero-order valence-electron chi connectivity index (χ0n) is 11.5. The Morgan fingerprint density at radius 2 is 1.59 bits per heavy atom. The number of benzene rings is 2. The van der Waals surface area contributed by atoms with Crippen molar-refractivity contribution in [3.63, 3.8) is 0 Å². The Morgan fingerprint density at radius 1 is 0.864 bits per heavy atom. The van der Waals surface area contributed by atoms with Crippen LogP contribution >= 0.6 is 47.8 Å². The van der Waals surface area contributed by atoms with Crippen molar-refractivity contribution < 1.29 is 5.11 Å². The lowest BCUT2D eigenvalue weighted by Crippen LogP contribution is -1.95. The maximum Gasteiger partial charge on any atom is 0.156 e.